The summed E-state index contributed by atoms with van der Waals surface area (Å²) in [5.41, 5.74) is 3.05. The summed E-state index contributed by atoms with van der Waals surface area (Å²) in [5.74, 6) is 1.02. The lowest BCUT2D eigenvalue weighted by Crippen LogP contribution is -2.47. The van der Waals surface area contributed by atoms with E-state index in [4.69, 9.17) is 21.4 Å². The quantitative estimate of drug-likeness (QED) is 0.401. The van der Waals surface area contributed by atoms with Gasteiger partial charge in [0.2, 0.25) is 5.91 Å². The highest BCUT2D eigenvalue weighted by Gasteiger charge is 2.28. The van der Waals surface area contributed by atoms with Crippen molar-refractivity contribution in [1.29, 1.82) is 0 Å². The summed E-state index contributed by atoms with van der Waals surface area (Å²) in [6.45, 7) is 12.6. The first-order valence-electron chi connectivity index (χ1n) is 11.5. The van der Waals surface area contributed by atoms with Crippen LogP contribution in [-0.2, 0) is 16.1 Å². The molecule has 8 heteroatoms. The minimum absolute atomic E-state index is 0.0589. The lowest BCUT2D eigenvalue weighted by Gasteiger charge is -2.36. The Hall–Kier alpha value is -2.09. The molecule has 2 heterocycles. The average molecular weight is 462 g/mol. The number of benzene rings is 1. The lowest BCUT2D eigenvalue weighted by atomic mass is 10.1. The third-order valence-corrected chi connectivity index (χ3v) is 6.24. The number of halogens is 1. The fraction of sp³-hybridized carbons (Fsp3) is 0.583. The number of anilines is 1. The summed E-state index contributed by atoms with van der Waals surface area (Å²) < 4.78 is 7.24. The largest absolute Gasteiger partial charge is 0.385 e. The molecule has 0 radical (unpaired) electrons. The molecule has 0 bridgehead atoms. The Labute approximate surface area is 196 Å². The number of carbonyl (C=O) groups excluding carboxylic acids is 1. The second-order valence-electron chi connectivity index (χ2n) is 8.28. The molecular weight excluding hydrogens is 426 g/mol. The Morgan fingerprint density at radius 2 is 1.91 bits per heavy atom. The number of amides is 1. The van der Waals surface area contributed by atoms with Crippen LogP contribution in [0.25, 0.3) is 5.69 Å². The van der Waals surface area contributed by atoms with Crippen molar-refractivity contribution < 1.29 is 9.53 Å². The van der Waals surface area contributed by atoms with Gasteiger partial charge >= 0.3 is 0 Å². The predicted molar refractivity (Wildman–Crippen MR) is 130 cm³/mol. The van der Waals surface area contributed by atoms with Gasteiger partial charge < -0.3 is 19.4 Å². The van der Waals surface area contributed by atoms with E-state index in [0.717, 1.165) is 61.9 Å². The number of nitrogens with zero attached hydrogens (tertiary/aromatic N) is 5. The van der Waals surface area contributed by atoms with Crippen LogP contribution in [0.3, 0.4) is 0 Å². The summed E-state index contributed by atoms with van der Waals surface area (Å²) in [5, 5.41) is 4.34. The Kier molecular flexibility index (Phi) is 8.96. The third-order valence-electron chi connectivity index (χ3n) is 6.05. The summed E-state index contributed by atoms with van der Waals surface area (Å²) in [6.07, 6.45) is 0.766. The summed E-state index contributed by atoms with van der Waals surface area (Å²) in [7, 11) is 1.68. The zero-order valence-corrected chi connectivity index (χ0v) is 20.5. The van der Waals surface area contributed by atoms with Crippen LogP contribution in [0.5, 0.6) is 0 Å². The van der Waals surface area contributed by atoms with Crippen LogP contribution >= 0.6 is 11.6 Å². The zero-order chi connectivity index (χ0) is 23.1. The van der Waals surface area contributed by atoms with Gasteiger partial charge in [0.25, 0.3) is 0 Å². The van der Waals surface area contributed by atoms with Gasteiger partial charge in [0.15, 0.2) is 0 Å². The molecule has 1 aromatic carbocycles. The van der Waals surface area contributed by atoms with E-state index in [9.17, 15) is 4.79 Å². The maximum atomic E-state index is 12.9. The van der Waals surface area contributed by atoms with E-state index >= 15 is 0 Å². The number of ether oxygens (including phenoxy) is 1. The molecule has 1 fully saturated rings. The molecule has 1 atom stereocenters. The molecule has 0 N–H and O–H groups in total. The fourth-order valence-corrected chi connectivity index (χ4v) is 4.33. The van der Waals surface area contributed by atoms with E-state index in [0.29, 0.717) is 19.7 Å². The number of para-hydroxylation sites is 1. The van der Waals surface area contributed by atoms with Gasteiger partial charge in [-0.3, -0.25) is 4.79 Å². The van der Waals surface area contributed by atoms with E-state index in [1.165, 1.54) is 0 Å². The van der Waals surface area contributed by atoms with Crippen LogP contribution < -0.4 is 4.90 Å². The molecule has 0 spiro atoms. The number of alkyl halides is 1. The van der Waals surface area contributed by atoms with E-state index in [1.807, 2.05) is 34.7 Å². The molecule has 7 nitrogen and oxygen atoms in total. The van der Waals surface area contributed by atoms with E-state index in [2.05, 4.69) is 28.9 Å². The monoisotopic (exact) mass is 461 g/mol. The third kappa shape index (κ3) is 5.82. The summed E-state index contributed by atoms with van der Waals surface area (Å²) >= 11 is 6.20. The second kappa shape index (κ2) is 11.7. The molecule has 1 saturated heterocycles. The highest BCUT2D eigenvalue weighted by molar-refractivity contribution is 6.30. The normalized spacial score (nSPS) is 15.7. The number of hydrogen-bond acceptors (Lipinski definition) is 5. The van der Waals surface area contributed by atoms with Crippen LogP contribution in [0, 0.1) is 6.92 Å². The SMILES string of the molecule is CCN1CCN(c2c(CN(CCCOC)C(=O)C(C)Cl)c(C)nn2-c2ccccc2)CC1. The van der Waals surface area contributed by atoms with Gasteiger partial charge in [-0.1, -0.05) is 25.1 Å². The highest BCUT2D eigenvalue weighted by atomic mass is 35.5. The lowest BCUT2D eigenvalue weighted by molar-refractivity contribution is -0.131. The van der Waals surface area contributed by atoms with Gasteiger partial charge in [-0.25, -0.2) is 4.68 Å². The Bertz CT molecular complexity index is 863. The molecule has 3 rings (SSSR count). The number of rotatable bonds is 10. The fourth-order valence-electron chi connectivity index (χ4n) is 4.19. The first-order chi connectivity index (χ1) is 15.5. The molecular formula is C24H36ClN5O2. The summed E-state index contributed by atoms with van der Waals surface area (Å²) in [4.78, 5) is 19.6. The van der Waals surface area contributed by atoms with Crippen molar-refractivity contribution in [2.75, 3.05) is 57.9 Å². The van der Waals surface area contributed by atoms with Crippen molar-refractivity contribution >= 4 is 23.3 Å². The topological polar surface area (TPSA) is 53.8 Å². The number of carbonyl (C=O) groups is 1. The number of aryl methyl sites for hydroxylation is 1. The van der Waals surface area contributed by atoms with Crippen molar-refractivity contribution in [2.45, 2.75) is 39.1 Å². The van der Waals surface area contributed by atoms with E-state index < -0.39 is 5.38 Å². The van der Waals surface area contributed by atoms with Gasteiger partial charge in [-0.05, 0) is 38.9 Å². The number of piperazine rings is 1. The minimum Gasteiger partial charge on any atom is -0.385 e. The van der Waals surface area contributed by atoms with E-state index in [1.54, 1.807) is 14.0 Å². The standard InChI is InChI=1S/C24H36ClN5O2/c1-5-27-13-15-28(16-14-27)23-22(18-29(12-9-17-32-4)24(31)19(2)25)20(3)26-30(23)21-10-7-6-8-11-21/h6-8,10-11,19H,5,9,12-18H2,1-4H3. The molecule has 2 aromatic rings. The number of aromatic nitrogens is 2. The van der Waals surface area contributed by atoms with Gasteiger partial charge in [0.05, 0.1) is 17.9 Å². The van der Waals surface area contributed by atoms with Crippen LogP contribution in [0.2, 0.25) is 0 Å². The van der Waals surface area contributed by atoms with Crippen LogP contribution in [-0.4, -0.2) is 83.8 Å². The predicted octanol–water partition coefficient (Wildman–Crippen LogP) is 3.32. The van der Waals surface area contributed by atoms with Gasteiger partial charge in [-0.15, -0.1) is 11.6 Å². The maximum Gasteiger partial charge on any atom is 0.240 e. The first kappa shape index (κ1) is 24.6. The first-order valence-corrected chi connectivity index (χ1v) is 11.9. The van der Waals surface area contributed by atoms with Crippen molar-refractivity contribution in [2.24, 2.45) is 0 Å². The van der Waals surface area contributed by atoms with Crippen LogP contribution in [0.1, 0.15) is 31.5 Å². The molecule has 0 saturated carbocycles. The van der Waals surface area contributed by atoms with Crippen LogP contribution in [0.4, 0.5) is 5.82 Å². The van der Waals surface area contributed by atoms with Gasteiger partial charge in [0, 0.05) is 52.0 Å². The van der Waals surface area contributed by atoms with Crippen molar-refractivity contribution in [3.63, 3.8) is 0 Å². The number of methoxy groups -OCH3 is 1. The van der Waals surface area contributed by atoms with Crippen LogP contribution in [0.15, 0.2) is 30.3 Å². The van der Waals surface area contributed by atoms with Crippen molar-refractivity contribution in [3.8, 4) is 5.69 Å². The number of hydrogen-bond donors (Lipinski definition) is 0. The highest BCUT2D eigenvalue weighted by Crippen LogP contribution is 2.30. The second-order valence-corrected chi connectivity index (χ2v) is 8.93. The van der Waals surface area contributed by atoms with Gasteiger partial charge in [-0.2, -0.15) is 5.10 Å². The molecule has 1 aliphatic rings. The molecule has 0 aliphatic carbocycles. The number of likely N-dealkylation sites (N-methyl/N-ethyl adjacent to an activating group) is 1. The van der Waals surface area contributed by atoms with E-state index in [-0.39, 0.29) is 5.91 Å². The molecule has 32 heavy (non-hydrogen) atoms. The van der Waals surface area contributed by atoms with Crippen molar-refractivity contribution in [3.05, 3.63) is 41.6 Å². The zero-order valence-electron chi connectivity index (χ0n) is 19.8. The molecule has 1 amide bonds. The molecule has 1 unspecified atom stereocenters. The Morgan fingerprint density at radius 3 is 2.50 bits per heavy atom. The Balaban J connectivity index is 1.98. The van der Waals surface area contributed by atoms with Crippen molar-refractivity contribution in [1.82, 2.24) is 19.6 Å². The smallest absolute Gasteiger partial charge is 0.240 e. The Morgan fingerprint density at radius 1 is 1.22 bits per heavy atom. The average Bonchev–Trinajstić information content (AvgIpc) is 3.14. The maximum absolute atomic E-state index is 12.9. The minimum atomic E-state index is -0.571. The summed E-state index contributed by atoms with van der Waals surface area (Å²) in [6, 6.07) is 10.2. The van der Waals surface area contributed by atoms with Gasteiger partial charge in [0.1, 0.15) is 11.2 Å². The molecule has 176 valence electrons. The molecule has 1 aromatic heterocycles. The molecule has 1 aliphatic heterocycles.